The summed E-state index contributed by atoms with van der Waals surface area (Å²) in [6.07, 6.45) is 0. The highest BCUT2D eigenvalue weighted by Crippen LogP contribution is 2.22. The zero-order chi connectivity index (χ0) is 20.5. The van der Waals surface area contributed by atoms with E-state index in [1.165, 1.54) is 7.05 Å². The van der Waals surface area contributed by atoms with Crippen LogP contribution in [0.3, 0.4) is 0 Å². The van der Waals surface area contributed by atoms with Crippen LogP contribution in [-0.2, 0) is 17.2 Å². The summed E-state index contributed by atoms with van der Waals surface area (Å²) in [4.78, 5) is 37.0. The van der Waals surface area contributed by atoms with Gasteiger partial charge >= 0.3 is 5.97 Å². The molecule has 0 saturated carbocycles. The highest BCUT2D eigenvalue weighted by Gasteiger charge is 2.19. The maximum absolute atomic E-state index is 12.5. The van der Waals surface area contributed by atoms with Crippen molar-refractivity contribution < 1.29 is 14.3 Å². The van der Waals surface area contributed by atoms with Crippen molar-refractivity contribution in [2.75, 3.05) is 6.61 Å². The molecule has 0 fully saturated rings. The van der Waals surface area contributed by atoms with Crippen molar-refractivity contribution in [3.8, 4) is 0 Å². The second-order valence-corrected chi connectivity index (χ2v) is 7.65. The highest BCUT2D eigenvalue weighted by molar-refractivity contribution is 6.04. The SMILES string of the molecule is Cn1nc(C(=O)OCC(=O)c2ccc(C(C)(C)C)cc2)c2ccccc2c1=O. The van der Waals surface area contributed by atoms with Crippen molar-refractivity contribution in [1.82, 2.24) is 9.78 Å². The van der Waals surface area contributed by atoms with Gasteiger partial charge in [0.05, 0.1) is 5.39 Å². The fourth-order valence-electron chi connectivity index (χ4n) is 2.89. The minimum atomic E-state index is -0.744. The van der Waals surface area contributed by atoms with E-state index in [-0.39, 0.29) is 22.5 Å². The van der Waals surface area contributed by atoms with Crippen molar-refractivity contribution in [1.29, 1.82) is 0 Å². The molecular weight excluding hydrogens is 356 g/mol. The molecule has 1 aromatic heterocycles. The summed E-state index contributed by atoms with van der Waals surface area (Å²) in [5, 5.41) is 4.78. The fourth-order valence-corrected chi connectivity index (χ4v) is 2.89. The number of carbonyl (C=O) groups is 2. The number of aromatic nitrogens is 2. The number of carbonyl (C=O) groups excluding carboxylic acids is 2. The number of hydrogen-bond donors (Lipinski definition) is 0. The normalized spacial score (nSPS) is 11.4. The van der Waals surface area contributed by atoms with E-state index < -0.39 is 12.6 Å². The molecule has 0 aliphatic heterocycles. The third-order valence-corrected chi connectivity index (χ3v) is 4.56. The molecule has 0 amide bonds. The Labute approximate surface area is 162 Å². The smallest absolute Gasteiger partial charge is 0.359 e. The zero-order valence-corrected chi connectivity index (χ0v) is 16.4. The van der Waals surface area contributed by atoms with E-state index in [4.69, 9.17) is 4.74 Å². The number of nitrogens with zero attached hydrogens (tertiary/aromatic N) is 2. The zero-order valence-electron chi connectivity index (χ0n) is 16.4. The van der Waals surface area contributed by atoms with E-state index in [1.54, 1.807) is 36.4 Å². The summed E-state index contributed by atoms with van der Waals surface area (Å²) in [5.41, 5.74) is 1.28. The molecule has 0 bridgehead atoms. The number of ketones is 1. The Kier molecular flexibility index (Phi) is 5.14. The Hall–Kier alpha value is -3.28. The molecule has 1 heterocycles. The molecule has 2 aromatic carbocycles. The van der Waals surface area contributed by atoms with Crippen LogP contribution in [0.2, 0.25) is 0 Å². The van der Waals surface area contributed by atoms with Crippen LogP contribution in [0, 0.1) is 0 Å². The Morgan fingerprint density at radius 2 is 1.61 bits per heavy atom. The van der Waals surface area contributed by atoms with Gasteiger partial charge in [0.15, 0.2) is 18.1 Å². The number of benzene rings is 2. The van der Waals surface area contributed by atoms with Crippen molar-refractivity contribution in [2.24, 2.45) is 7.05 Å². The first-order chi connectivity index (χ1) is 13.2. The molecule has 28 heavy (non-hydrogen) atoms. The Morgan fingerprint density at radius 3 is 2.21 bits per heavy atom. The van der Waals surface area contributed by atoms with Crippen LogP contribution in [0.1, 0.15) is 47.2 Å². The van der Waals surface area contributed by atoms with Gasteiger partial charge in [-0.1, -0.05) is 63.2 Å². The van der Waals surface area contributed by atoms with Crippen LogP contribution in [0.25, 0.3) is 10.8 Å². The second kappa shape index (κ2) is 7.38. The van der Waals surface area contributed by atoms with Crippen LogP contribution in [-0.4, -0.2) is 28.1 Å². The van der Waals surface area contributed by atoms with Crippen molar-refractivity contribution in [2.45, 2.75) is 26.2 Å². The number of aryl methyl sites for hydroxylation is 1. The molecule has 0 aliphatic carbocycles. The molecule has 0 unspecified atom stereocenters. The minimum absolute atomic E-state index is 0.00794. The maximum atomic E-state index is 12.5. The van der Waals surface area contributed by atoms with E-state index in [1.807, 2.05) is 12.1 Å². The van der Waals surface area contributed by atoms with Crippen molar-refractivity contribution in [3.63, 3.8) is 0 Å². The molecule has 0 aliphatic rings. The van der Waals surface area contributed by atoms with Crippen LogP contribution in [0.5, 0.6) is 0 Å². The predicted octanol–water partition coefficient (Wildman–Crippen LogP) is 3.27. The molecule has 3 aromatic rings. The van der Waals surface area contributed by atoms with Gasteiger partial charge in [-0.3, -0.25) is 9.59 Å². The Bertz CT molecular complexity index is 1110. The van der Waals surface area contributed by atoms with Gasteiger partial charge in [-0.2, -0.15) is 5.10 Å². The minimum Gasteiger partial charge on any atom is -0.452 e. The van der Waals surface area contributed by atoms with Crippen LogP contribution < -0.4 is 5.56 Å². The van der Waals surface area contributed by atoms with E-state index >= 15 is 0 Å². The van der Waals surface area contributed by atoms with Crippen molar-refractivity contribution >= 4 is 22.5 Å². The predicted molar refractivity (Wildman–Crippen MR) is 107 cm³/mol. The third-order valence-electron chi connectivity index (χ3n) is 4.56. The maximum Gasteiger partial charge on any atom is 0.359 e. The molecule has 0 saturated heterocycles. The first-order valence-corrected chi connectivity index (χ1v) is 8.95. The lowest BCUT2D eigenvalue weighted by molar-refractivity contribution is 0.0469. The summed E-state index contributed by atoms with van der Waals surface area (Å²) < 4.78 is 6.27. The third kappa shape index (κ3) is 3.86. The van der Waals surface area contributed by atoms with E-state index in [0.717, 1.165) is 10.2 Å². The van der Waals surface area contributed by atoms with Gasteiger partial charge in [-0.05, 0) is 17.0 Å². The van der Waals surface area contributed by atoms with Gasteiger partial charge in [-0.25, -0.2) is 9.48 Å². The van der Waals surface area contributed by atoms with Gasteiger partial charge in [0, 0.05) is 18.0 Å². The summed E-state index contributed by atoms with van der Waals surface area (Å²) in [5.74, 6) is -1.05. The van der Waals surface area contributed by atoms with E-state index in [2.05, 4.69) is 25.9 Å². The topological polar surface area (TPSA) is 78.3 Å². The number of fused-ring (bicyclic) bond motifs is 1. The number of esters is 1. The van der Waals surface area contributed by atoms with Gasteiger partial charge in [-0.15, -0.1) is 0 Å². The second-order valence-electron chi connectivity index (χ2n) is 7.65. The van der Waals surface area contributed by atoms with Gasteiger partial charge in [0.1, 0.15) is 0 Å². The number of ether oxygens (including phenoxy) is 1. The summed E-state index contributed by atoms with van der Waals surface area (Å²) in [7, 11) is 1.47. The average molecular weight is 378 g/mol. The molecule has 144 valence electrons. The molecule has 6 heteroatoms. The van der Waals surface area contributed by atoms with Gasteiger partial charge in [0.2, 0.25) is 0 Å². The van der Waals surface area contributed by atoms with Crippen molar-refractivity contribution in [3.05, 3.63) is 75.7 Å². The lowest BCUT2D eigenvalue weighted by atomic mass is 9.86. The molecule has 0 spiro atoms. The van der Waals surface area contributed by atoms with Gasteiger partial charge < -0.3 is 4.74 Å². The number of rotatable bonds is 4. The largest absolute Gasteiger partial charge is 0.452 e. The van der Waals surface area contributed by atoms with Crippen LogP contribution >= 0.6 is 0 Å². The van der Waals surface area contributed by atoms with Gasteiger partial charge in [0.25, 0.3) is 5.56 Å². The summed E-state index contributed by atoms with van der Waals surface area (Å²) in [6.45, 7) is 5.88. The standard InChI is InChI=1S/C22H22N2O4/c1-22(2,3)15-11-9-14(10-12-15)18(25)13-28-21(27)19-16-7-5-6-8-17(16)20(26)24(4)23-19/h5-12H,13H2,1-4H3. The van der Waals surface area contributed by atoms with E-state index in [9.17, 15) is 14.4 Å². The molecule has 6 nitrogen and oxygen atoms in total. The monoisotopic (exact) mass is 378 g/mol. The highest BCUT2D eigenvalue weighted by atomic mass is 16.5. The van der Waals surface area contributed by atoms with Crippen LogP contribution in [0.4, 0.5) is 0 Å². The number of hydrogen-bond acceptors (Lipinski definition) is 5. The molecule has 0 N–H and O–H groups in total. The average Bonchev–Trinajstić information content (AvgIpc) is 2.68. The summed E-state index contributed by atoms with van der Waals surface area (Å²) in [6, 6.07) is 13.9. The molecule has 0 radical (unpaired) electrons. The van der Waals surface area contributed by atoms with Crippen LogP contribution in [0.15, 0.2) is 53.3 Å². The van der Waals surface area contributed by atoms with E-state index in [0.29, 0.717) is 16.3 Å². The first kappa shape index (κ1) is 19.5. The molecule has 0 atom stereocenters. The molecule has 3 rings (SSSR count). The molecular formula is C22H22N2O4. The Balaban J connectivity index is 1.78. The lowest BCUT2D eigenvalue weighted by Gasteiger charge is -2.18. The number of Topliss-reactive ketones (excluding diaryl/α,β-unsaturated/α-hetero) is 1. The summed E-state index contributed by atoms with van der Waals surface area (Å²) >= 11 is 0. The first-order valence-electron chi connectivity index (χ1n) is 8.95. The Morgan fingerprint density at radius 1 is 1.00 bits per heavy atom. The fraction of sp³-hybridized carbons (Fsp3) is 0.273. The quantitative estimate of drug-likeness (QED) is 0.514. The lowest BCUT2D eigenvalue weighted by Crippen LogP contribution is -2.24.